The molecule has 5 heteroatoms. The lowest BCUT2D eigenvalue weighted by Gasteiger charge is -2.50. The smallest absolute Gasteiger partial charge is 0.311 e. The zero-order valence-corrected chi connectivity index (χ0v) is 15.8. The van der Waals surface area contributed by atoms with Crippen molar-refractivity contribution < 1.29 is 24.5 Å². The van der Waals surface area contributed by atoms with Crippen molar-refractivity contribution in [3.8, 4) is 5.75 Å². The number of carbonyl (C=O) groups excluding carboxylic acids is 1. The van der Waals surface area contributed by atoms with Crippen LogP contribution < -0.4 is 4.74 Å². The first kappa shape index (κ1) is 18.5. The van der Waals surface area contributed by atoms with Gasteiger partial charge in [0.2, 0.25) is 0 Å². The fraction of sp³-hybridized carbons (Fsp3) is 0.636. The van der Waals surface area contributed by atoms with E-state index >= 15 is 0 Å². The molecule has 4 rings (SSSR count). The quantitative estimate of drug-likeness (QED) is 0.622. The van der Waals surface area contributed by atoms with Gasteiger partial charge >= 0.3 is 11.9 Å². The van der Waals surface area contributed by atoms with Crippen LogP contribution in [0.4, 0.5) is 0 Å². The third kappa shape index (κ3) is 3.27. The SMILES string of the molecule is C[C@]12CC[C@@H]3c4ccc(OC(=O)CCC(=O)O)cc4CCC3[C@@H]1CC[C@@H]2O. The number of carbonyl (C=O) groups is 2. The van der Waals surface area contributed by atoms with E-state index in [9.17, 15) is 14.7 Å². The Balaban J connectivity index is 1.49. The maximum absolute atomic E-state index is 11.8. The molecule has 0 aliphatic heterocycles. The molecule has 3 aliphatic rings. The van der Waals surface area contributed by atoms with Crippen LogP contribution >= 0.6 is 0 Å². The summed E-state index contributed by atoms with van der Waals surface area (Å²) in [5.41, 5.74) is 2.71. The van der Waals surface area contributed by atoms with E-state index in [1.54, 1.807) is 0 Å². The van der Waals surface area contributed by atoms with Crippen molar-refractivity contribution in [2.75, 3.05) is 0 Å². The Morgan fingerprint density at radius 2 is 2.00 bits per heavy atom. The second kappa shape index (κ2) is 6.93. The molecular weight excluding hydrogens is 344 g/mol. The van der Waals surface area contributed by atoms with Crippen LogP contribution in [0.3, 0.4) is 0 Å². The van der Waals surface area contributed by atoms with Gasteiger partial charge in [0, 0.05) is 0 Å². The molecule has 0 heterocycles. The average molecular weight is 372 g/mol. The number of hydrogen-bond acceptors (Lipinski definition) is 4. The molecule has 0 aromatic heterocycles. The van der Waals surface area contributed by atoms with Crippen LogP contribution in [0.1, 0.15) is 68.9 Å². The van der Waals surface area contributed by atoms with Gasteiger partial charge < -0.3 is 14.9 Å². The monoisotopic (exact) mass is 372 g/mol. The van der Waals surface area contributed by atoms with Crippen LogP contribution in [0.25, 0.3) is 0 Å². The van der Waals surface area contributed by atoms with Crippen molar-refractivity contribution in [1.29, 1.82) is 0 Å². The number of aliphatic hydroxyl groups is 1. The predicted octanol–water partition coefficient (Wildman–Crippen LogP) is 3.67. The molecule has 146 valence electrons. The lowest BCUT2D eigenvalue weighted by atomic mass is 9.55. The number of rotatable bonds is 4. The van der Waals surface area contributed by atoms with Crippen LogP contribution in [-0.2, 0) is 16.0 Å². The van der Waals surface area contributed by atoms with E-state index < -0.39 is 11.9 Å². The Kier molecular flexibility index (Phi) is 4.75. The maximum Gasteiger partial charge on any atom is 0.311 e. The van der Waals surface area contributed by atoms with Gasteiger partial charge in [0.15, 0.2) is 0 Å². The minimum Gasteiger partial charge on any atom is -0.481 e. The Bertz CT molecular complexity index is 757. The van der Waals surface area contributed by atoms with Gasteiger partial charge in [-0.1, -0.05) is 13.0 Å². The number of hydrogen-bond donors (Lipinski definition) is 2. The number of benzene rings is 1. The number of carboxylic acids is 1. The van der Waals surface area contributed by atoms with Crippen molar-refractivity contribution >= 4 is 11.9 Å². The summed E-state index contributed by atoms with van der Waals surface area (Å²) >= 11 is 0. The number of fused-ring (bicyclic) bond motifs is 5. The lowest BCUT2D eigenvalue weighted by molar-refractivity contribution is -0.142. The van der Waals surface area contributed by atoms with Gasteiger partial charge in [0.1, 0.15) is 5.75 Å². The minimum absolute atomic E-state index is 0.0816. The number of esters is 1. The first-order valence-electron chi connectivity index (χ1n) is 10.1. The highest BCUT2D eigenvalue weighted by molar-refractivity contribution is 5.78. The number of aliphatic carboxylic acids is 1. The van der Waals surface area contributed by atoms with Crippen LogP contribution in [-0.4, -0.2) is 28.3 Å². The summed E-state index contributed by atoms with van der Waals surface area (Å²) in [5, 5.41) is 19.2. The average Bonchev–Trinajstić information content (AvgIpc) is 2.94. The van der Waals surface area contributed by atoms with Gasteiger partial charge in [0.05, 0.1) is 18.9 Å². The first-order chi connectivity index (χ1) is 12.9. The lowest BCUT2D eigenvalue weighted by Crippen LogP contribution is -2.43. The van der Waals surface area contributed by atoms with Gasteiger partial charge in [-0.15, -0.1) is 0 Å². The van der Waals surface area contributed by atoms with Crippen LogP contribution in [0.2, 0.25) is 0 Å². The molecule has 2 N–H and O–H groups in total. The highest BCUT2D eigenvalue weighted by Gasteiger charge is 2.54. The molecule has 2 saturated carbocycles. The number of aryl methyl sites for hydroxylation is 1. The second-order valence-corrected chi connectivity index (χ2v) is 8.78. The third-order valence-corrected chi connectivity index (χ3v) is 7.42. The summed E-state index contributed by atoms with van der Waals surface area (Å²) < 4.78 is 5.33. The molecule has 1 unspecified atom stereocenters. The summed E-state index contributed by atoms with van der Waals surface area (Å²) in [6, 6.07) is 5.90. The molecular formula is C22H28O5. The third-order valence-electron chi connectivity index (χ3n) is 7.42. The molecule has 0 bridgehead atoms. The van der Waals surface area contributed by atoms with Gasteiger partial charge in [0.25, 0.3) is 0 Å². The van der Waals surface area contributed by atoms with E-state index in [0.717, 1.165) is 38.5 Å². The maximum atomic E-state index is 11.8. The first-order valence-corrected chi connectivity index (χ1v) is 10.1. The van der Waals surface area contributed by atoms with Crippen molar-refractivity contribution in [2.24, 2.45) is 17.3 Å². The Morgan fingerprint density at radius 1 is 1.19 bits per heavy atom. The predicted molar refractivity (Wildman–Crippen MR) is 99.6 cm³/mol. The summed E-state index contributed by atoms with van der Waals surface area (Å²) in [6.45, 7) is 2.28. The summed E-state index contributed by atoms with van der Waals surface area (Å²) in [5.74, 6) is 0.794. The summed E-state index contributed by atoms with van der Waals surface area (Å²) in [7, 11) is 0. The highest BCUT2D eigenvalue weighted by Crippen LogP contribution is 2.60. The van der Waals surface area contributed by atoms with E-state index in [0.29, 0.717) is 23.5 Å². The van der Waals surface area contributed by atoms with Crippen molar-refractivity contribution in [2.45, 2.75) is 70.3 Å². The normalized spacial score (nSPS) is 34.3. The minimum atomic E-state index is -0.996. The van der Waals surface area contributed by atoms with Crippen molar-refractivity contribution in [3.05, 3.63) is 29.3 Å². The fourth-order valence-corrected chi connectivity index (χ4v) is 5.99. The van der Waals surface area contributed by atoms with Crippen LogP contribution in [0.15, 0.2) is 18.2 Å². The summed E-state index contributed by atoms with van der Waals surface area (Å²) in [6.07, 6.45) is 5.87. The van der Waals surface area contributed by atoms with Gasteiger partial charge in [-0.05, 0) is 85.0 Å². The van der Waals surface area contributed by atoms with Crippen molar-refractivity contribution in [1.82, 2.24) is 0 Å². The van der Waals surface area contributed by atoms with E-state index in [2.05, 4.69) is 13.0 Å². The Morgan fingerprint density at radius 3 is 2.78 bits per heavy atom. The van der Waals surface area contributed by atoms with Gasteiger partial charge in [-0.3, -0.25) is 9.59 Å². The molecule has 1 aromatic rings. The highest BCUT2D eigenvalue weighted by atomic mass is 16.5. The molecule has 0 spiro atoms. The zero-order chi connectivity index (χ0) is 19.2. The molecule has 27 heavy (non-hydrogen) atoms. The van der Waals surface area contributed by atoms with E-state index in [-0.39, 0.29) is 24.4 Å². The van der Waals surface area contributed by atoms with Gasteiger partial charge in [-0.25, -0.2) is 0 Å². The fourth-order valence-electron chi connectivity index (χ4n) is 5.99. The van der Waals surface area contributed by atoms with Crippen LogP contribution in [0.5, 0.6) is 5.75 Å². The van der Waals surface area contributed by atoms with Gasteiger partial charge in [-0.2, -0.15) is 0 Å². The molecule has 3 aliphatic carbocycles. The standard InChI is InChI=1S/C22H28O5/c1-22-11-10-16-15-5-3-14(27-21(26)9-8-20(24)25)12-13(15)2-4-17(16)18(22)6-7-19(22)23/h3,5,12,16-19,23H,2,4,6-11H2,1H3,(H,24,25)/t16-,17?,18+,19+,22+/m1/s1. The Hall–Kier alpha value is -1.88. The van der Waals surface area contributed by atoms with E-state index in [4.69, 9.17) is 9.84 Å². The molecule has 1 aromatic carbocycles. The number of aliphatic hydroxyl groups excluding tert-OH is 1. The largest absolute Gasteiger partial charge is 0.481 e. The van der Waals surface area contributed by atoms with Crippen molar-refractivity contribution in [3.63, 3.8) is 0 Å². The molecule has 2 fully saturated rings. The molecule has 0 saturated heterocycles. The molecule has 5 atom stereocenters. The zero-order valence-electron chi connectivity index (χ0n) is 15.8. The Labute approximate surface area is 159 Å². The molecule has 0 radical (unpaired) electrons. The van der Waals surface area contributed by atoms with Crippen LogP contribution in [0, 0.1) is 17.3 Å². The second-order valence-electron chi connectivity index (χ2n) is 8.78. The van der Waals surface area contributed by atoms with E-state index in [1.165, 1.54) is 11.1 Å². The van der Waals surface area contributed by atoms with E-state index in [1.807, 2.05) is 12.1 Å². The molecule has 5 nitrogen and oxygen atoms in total. The molecule has 0 amide bonds. The summed E-state index contributed by atoms with van der Waals surface area (Å²) in [4.78, 5) is 22.4. The number of ether oxygens (including phenoxy) is 1. The topological polar surface area (TPSA) is 83.8 Å². The number of carboxylic acid groups (broad SMARTS) is 1.